The average Bonchev–Trinajstić information content (AvgIpc) is 3.37. The normalized spacial score (nSPS) is 21.3. The quantitative estimate of drug-likeness (QED) is 0.576. The van der Waals surface area contributed by atoms with Crippen LogP contribution in [0.1, 0.15) is 26.9 Å². The first-order chi connectivity index (χ1) is 13.2. The van der Waals surface area contributed by atoms with Crippen LogP contribution in [0.5, 0.6) is 5.75 Å². The van der Waals surface area contributed by atoms with Crippen molar-refractivity contribution in [1.29, 1.82) is 0 Å². The lowest BCUT2D eigenvalue weighted by atomic mass is 9.92. The number of rotatable bonds is 2. The molecular formula is C21H18ClNO2S2. The third kappa shape index (κ3) is 3.08. The van der Waals surface area contributed by atoms with Gasteiger partial charge in [-0.3, -0.25) is 4.79 Å². The largest absolute Gasteiger partial charge is 0.492 e. The van der Waals surface area contributed by atoms with Crippen molar-refractivity contribution >= 4 is 40.2 Å². The number of hydrogen-bond donors (Lipinski definition) is 0. The van der Waals surface area contributed by atoms with Gasteiger partial charge in [0.25, 0.3) is 0 Å². The van der Waals surface area contributed by atoms with Gasteiger partial charge in [0.05, 0.1) is 12.0 Å². The van der Waals surface area contributed by atoms with Gasteiger partial charge in [0, 0.05) is 21.3 Å². The number of carbonyl (C=O) groups is 1. The van der Waals surface area contributed by atoms with Gasteiger partial charge in [-0.2, -0.15) is 0 Å². The predicted octanol–water partition coefficient (Wildman–Crippen LogP) is 5.19. The molecule has 1 aromatic carbocycles. The molecule has 6 heteroatoms. The van der Waals surface area contributed by atoms with E-state index in [1.807, 2.05) is 18.2 Å². The summed E-state index contributed by atoms with van der Waals surface area (Å²) in [5, 5.41) is 4.91. The highest BCUT2D eigenvalue weighted by Crippen LogP contribution is 2.41. The lowest BCUT2D eigenvalue weighted by Crippen LogP contribution is -2.45. The van der Waals surface area contributed by atoms with Crippen molar-refractivity contribution in [3.8, 4) is 5.75 Å². The second-order valence-electron chi connectivity index (χ2n) is 6.96. The van der Waals surface area contributed by atoms with Crippen molar-refractivity contribution in [2.75, 3.05) is 13.2 Å². The Balaban J connectivity index is 1.46. The van der Waals surface area contributed by atoms with E-state index in [0.29, 0.717) is 18.1 Å². The molecule has 0 aliphatic carbocycles. The number of benzene rings is 1. The minimum absolute atomic E-state index is 0.0215. The van der Waals surface area contributed by atoms with Crippen LogP contribution in [0.3, 0.4) is 0 Å². The monoisotopic (exact) mass is 415 g/mol. The summed E-state index contributed by atoms with van der Waals surface area (Å²) in [7, 11) is 0. The fourth-order valence-electron chi connectivity index (χ4n) is 4.06. The predicted molar refractivity (Wildman–Crippen MR) is 110 cm³/mol. The molecule has 2 aromatic heterocycles. The number of carbonyl (C=O) groups excluding carboxylic acids is 1. The number of halogens is 1. The molecule has 1 amide bonds. The smallest absolute Gasteiger partial charge is 0.230 e. The first-order valence-electron chi connectivity index (χ1n) is 9.02. The van der Waals surface area contributed by atoms with E-state index < -0.39 is 0 Å². The van der Waals surface area contributed by atoms with Crippen LogP contribution in [0, 0.1) is 5.92 Å². The number of amides is 1. The molecule has 27 heavy (non-hydrogen) atoms. The van der Waals surface area contributed by atoms with Gasteiger partial charge in [0.15, 0.2) is 0 Å². The molecule has 0 radical (unpaired) electrons. The van der Waals surface area contributed by atoms with Gasteiger partial charge in [0.1, 0.15) is 12.4 Å². The molecule has 138 valence electrons. The van der Waals surface area contributed by atoms with Gasteiger partial charge in [-0.05, 0) is 65.1 Å². The van der Waals surface area contributed by atoms with E-state index in [4.69, 9.17) is 16.3 Å². The highest BCUT2D eigenvalue weighted by Gasteiger charge is 2.37. The first kappa shape index (κ1) is 17.3. The number of ether oxygens (including phenoxy) is 1. The van der Waals surface area contributed by atoms with E-state index >= 15 is 0 Å². The SMILES string of the molecule is O=C([C@H]1COc2ccc(Cl)cc2C1)N1CCc2sccc2[C@H]1c1cccs1. The molecule has 0 unspecified atom stereocenters. The summed E-state index contributed by atoms with van der Waals surface area (Å²) in [5.41, 5.74) is 2.30. The molecule has 0 N–H and O–H groups in total. The van der Waals surface area contributed by atoms with Crippen LogP contribution >= 0.6 is 34.3 Å². The van der Waals surface area contributed by atoms with Crippen LogP contribution in [-0.4, -0.2) is 24.0 Å². The lowest BCUT2D eigenvalue weighted by molar-refractivity contribution is -0.139. The van der Waals surface area contributed by atoms with Crippen LogP contribution in [0.2, 0.25) is 5.02 Å². The van der Waals surface area contributed by atoms with Crippen molar-refractivity contribution in [3.05, 3.63) is 73.1 Å². The Kier molecular flexibility index (Phi) is 4.46. The molecule has 3 aromatic rings. The minimum atomic E-state index is -0.168. The molecule has 0 bridgehead atoms. The molecule has 2 aliphatic heterocycles. The van der Waals surface area contributed by atoms with Gasteiger partial charge in [-0.15, -0.1) is 22.7 Å². The van der Waals surface area contributed by atoms with E-state index in [0.717, 1.165) is 24.3 Å². The summed E-state index contributed by atoms with van der Waals surface area (Å²) < 4.78 is 5.88. The third-order valence-corrected chi connectivity index (χ3v) is 7.50. The summed E-state index contributed by atoms with van der Waals surface area (Å²) in [6.07, 6.45) is 1.61. The molecule has 0 fully saturated rings. The van der Waals surface area contributed by atoms with Crippen molar-refractivity contribution in [1.82, 2.24) is 4.90 Å². The molecule has 3 nitrogen and oxygen atoms in total. The maximum absolute atomic E-state index is 13.5. The molecule has 0 saturated carbocycles. The minimum Gasteiger partial charge on any atom is -0.492 e. The van der Waals surface area contributed by atoms with Crippen molar-refractivity contribution in [2.24, 2.45) is 5.92 Å². The summed E-state index contributed by atoms with van der Waals surface area (Å²) in [5.74, 6) is 0.853. The average molecular weight is 416 g/mol. The summed E-state index contributed by atoms with van der Waals surface area (Å²) in [6.45, 7) is 1.19. The van der Waals surface area contributed by atoms with Gasteiger partial charge in [-0.25, -0.2) is 0 Å². The Morgan fingerprint density at radius 2 is 2.11 bits per heavy atom. The fourth-order valence-corrected chi connectivity index (χ4v) is 6.02. The standard InChI is InChI=1S/C21H18ClNO2S2/c22-15-3-4-17-13(11-15)10-14(12-25-17)21(24)23-7-5-18-16(6-9-27-18)20(23)19-2-1-8-26-19/h1-4,6,8-9,11,14,20H,5,7,10,12H2/t14-,20+/m1/s1. The maximum atomic E-state index is 13.5. The highest BCUT2D eigenvalue weighted by atomic mass is 35.5. The van der Waals surface area contributed by atoms with Crippen molar-refractivity contribution < 1.29 is 9.53 Å². The summed E-state index contributed by atoms with van der Waals surface area (Å²) in [6, 6.07) is 12.0. The molecule has 2 atom stereocenters. The van der Waals surface area contributed by atoms with Crippen LogP contribution in [0.4, 0.5) is 0 Å². The second kappa shape index (κ2) is 6.97. The zero-order chi connectivity index (χ0) is 18.4. The Hall–Kier alpha value is -1.82. The molecular weight excluding hydrogens is 398 g/mol. The van der Waals surface area contributed by atoms with Gasteiger partial charge < -0.3 is 9.64 Å². The number of nitrogens with zero attached hydrogens (tertiary/aromatic N) is 1. The van der Waals surface area contributed by atoms with E-state index in [1.165, 1.54) is 15.3 Å². The Bertz CT molecular complexity index is 982. The van der Waals surface area contributed by atoms with Crippen molar-refractivity contribution in [3.63, 3.8) is 0 Å². The van der Waals surface area contributed by atoms with E-state index in [9.17, 15) is 4.79 Å². The maximum Gasteiger partial charge on any atom is 0.230 e. The molecule has 4 heterocycles. The lowest BCUT2D eigenvalue weighted by Gasteiger charge is -2.38. The fraction of sp³-hybridized carbons (Fsp3) is 0.286. The molecule has 2 aliphatic rings. The second-order valence-corrected chi connectivity index (χ2v) is 9.38. The van der Waals surface area contributed by atoms with Crippen molar-refractivity contribution in [2.45, 2.75) is 18.9 Å². The van der Waals surface area contributed by atoms with Gasteiger partial charge >= 0.3 is 0 Å². The zero-order valence-corrected chi connectivity index (χ0v) is 16.9. The summed E-state index contributed by atoms with van der Waals surface area (Å²) >= 11 is 9.65. The number of hydrogen-bond acceptors (Lipinski definition) is 4. The molecule has 5 rings (SSSR count). The van der Waals surface area contributed by atoms with Gasteiger partial charge in [-0.1, -0.05) is 17.7 Å². The van der Waals surface area contributed by atoms with Crippen LogP contribution in [0.15, 0.2) is 47.2 Å². The number of thiophene rings is 2. The Labute approximate surface area is 171 Å². The topological polar surface area (TPSA) is 29.5 Å². The number of fused-ring (bicyclic) bond motifs is 2. The first-order valence-corrected chi connectivity index (χ1v) is 11.2. The zero-order valence-electron chi connectivity index (χ0n) is 14.6. The van der Waals surface area contributed by atoms with E-state index in [2.05, 4.69) is 33.9 Å². The molecule has 0 spiro atoms. The third-order valence-electron chi connectivity index (χ3n) is 5.34. The van der Waals surface area contributed by atoms with Gasteiger partial charge in [0.2, 0.25) is 5.91 Å². The van der Waals surface area contributed by atoms with Crippen LogP contribution < -0.4 is 4.74 Å². The Morgan fingerprint density at radius 3 is 2.96 bits per heavy atom. The van der Waals surface area contributed by atoms with E-state index in [-0.39, 0.29) is 17.9 Å². The Morgan fingerprint density at radius 1 is 1.19 bits per heavy atom. The summed E-state index contributed by atoms with van der Waals surface area (Å²) in [4.78, 5) is 18.2. The molecule has 0 saturated heterocycles. The van der Waals surface area contributed by atoms with E-state index in [1.54, 1.807) is 22.7 Å². The highest BCUT2D eigenvalue weighted by molar-refractivity contribution is 7.10. The van der Waals surface area contributed by atoms with Crippen LogP contribution in [-0.2, 0) is 17.6 Å². The van der Waals surface area contributed by atoms with Crippen LogP contribution in [0.25, 0.3) is 0 Å².